The van der Waals surface area contributed by atoms with Crippen molar-refractivity contribution in [1.29, 1.82) is 0 Å². The van der Waals surface area contributed by atoms with Crippen LogP contribution in [0.25, 0.3) is 16.7 Å². The molecule has 9 nitrogen and oxygen atoms in total. The Kier molecular flexibility index (Phi) is 3.20. The minimum atomic E-state index is -4.80. The Hall–Kier alpha value is -3.11. The van der Waals surface area contributed by atoms with Crippen LogP contribution in [0, 0.1) is 6.92 Å². The summed E-state index contributed by atoms with van der Waals surface area (Å²) >= 11 is 0. The van der Waals surface area contributed by atoms with Gasteiger partial charge in [0.05, 0.1) is 11.1 Å². The van der Waals surface area contributed by atoms with E-state index in [2.05, 4.69) is 19.4 Å². The molecule has 0 saturated carbocycles. The number of fused-ring (bicyclic) bond motifs is 4. The summed E-state index contributed by atoms with van der Waals surface area (Å²) in [6, 6.07) is 8.45. The molecule has 0 radical (unpaired) electrons. The van der Waals surface area contributed by atoms with Gasteiger partial charge >= 0.3 is 10.4 Å². The smallest absolute Gasteiger partial charge is 0.268 e. The lowest BCUT2D eigenvalue weighted by atomic mass is 10.1. The minimum absolute atomic E-state index is 0.0148. The van der Waals surface area contributed by atoms with Crippen LogP contribution in [0.2, 0.25) is 0 Å². The SMILES string of the molecule is Cc1ccc2c(c1)C(=NOS(=O)(=O)O)c1nc3ncccc3c(=O)n1-2. The normalized spacial score (nSPS) is 14.6. The van der Waals surface area contributed by atoms with Crippen molar-refractivity contribution in [3.8, 4) is 5.69 Å². The zero-order chi connectivity index (χ0) is 17.8. The van der Waals surface area contributed by atoms with Crippen LogP contribution >= 0.6 is 0 Å². The summed E-state index contributed by atoms with van der Waals surface area (Å²) in [7, 11) is -4.80. The van der Waals surface area contributed by atoms with E-state index in [4.69, 9.17) is 4.55 Å². The molecule has 2 aromatic heterocycles. The highest BCUT2D eigenvalue weighted by Gasteiger charge is 2.30. The number of aryl methyl sites for hydroxylation is 1. The van der Waals surface area contributed by atoms with Gasteiger partial charge in [0.2, 0.25) is 0 Å². The second-order valence-corrected chi connectivity index (χ2v) is 6.42. The highest BCUT2D eigenvalue weighted by molar-refractivity contribution is 7.80. The molecule has 1 aliphatic heterocycles. The molecule has 0 bridgehead atoms. The van der Waals surface area contributed by atoms with Gasteiger partial charge in [-0.15, -0.1) is 0 Å². The Balaban J connectivity index is 2.10. The van der Waals surface area contributed by atoms with Crippen molar-refractivity contribution in [2.24, 2.45) is 5.16 Å². The van der Waals surface area contributed by atoms with Crippen molar-refractivity contribution in [1.82, 2.24) is 14.5 Å². The second-order valence-electron chi connectivity index (χ2n) is 5.41. The standard InChI is InChI=1S/C15H10N4O5S/c1-8-4-5-11-10(7-8)12(18-24-25(21,22)23)14-17-13-9(3-2-6-16-13)15(20)19(11)14/h2-7H,1H3,(H,21,22,23). The number of hydrogen-bond donors (Lipinski definition) is 1. The molecule has 3 heterocycles. The molecule has 126 valence electrons. The van der Waals surface area contributed by atoms with Crippen molar-refractivity contribution < 1.29 is 17.3 Å². The maximum absolute atomic E-state index is 12.8. The largest absolute Gasteiger partial charge is 0.466 e. The van der Waals surface area contributed by atoms with Crippen LogP contribution in [0.1, 0.15) is 17.0 Å². The van der Waals surface area contributed by atoms with Crippen LogP contribution < -0.4 is 5.56 Å². The lowest BCUT2D eigenvalue weighted by molar-refractivity contribution is 0.282. The van der Waals surface area contributed by atoms with Gasteiger partial charge in [-0.2, -0.15) is 8.42 Å². The van der Waals surface area contributed by atoms with Gasteiger partial charge in [0.15, 0.2) is 17.2 Å². The summed E-state index contributed by atoms with van der Waals surface area (Å²) in [6.07, 6.45) is 1.49. The van der Waals surface area contributed by atoms with E-state index in [1.54, 1.807) is 30.3 Å². The molecule has 0 saturated heterocycles. The van der Waals surface area contributed by atoms with Crippen LogP contribution in [0.4, 0.5) is 0 Å². The molecule has 3 aromatic rings. The number of pyridine rings is 1. The number of oxime groups is 1. The van der Waals surface area contributed by atoms with Gasteiger partial charge in [0, 0.05) is 11.8 Å². The van der Waals surface area contributed by atoms with Crippen molar-refractivity contribution >= 4 is 27.1 Å². The molecular weight excluding hydrogens is 348 g/mol. The van der Waals surface area contributed by atoms with Crippen LogP contribution in [0.5, 0.6) is 0 Å². The number of benzene rings is 1. The Bertz CT molecular complexity index is 1230. The maximum atomic E-state index is 12.8. The molecule has 0 fully saturated rings. The topological polar surface area (TPSA) is 124 Å². The minimum Gasteiger partial charge on any atom is -0.268 e. The summed E-state index contributed by atoms with van der Waals surface area (Å²) in [5, 5.41) is 3.81. The zero-order valence-electron chi connectivity index (χ0n) is 12.7. The first-order chi connectivity index (χ1) is 11.8. The lowest BCUT2D eigenvalue weighted by Gasteiger charge is -2.05. The molecule has 0 spiro atoms. The molecule has 4 rings (SSSR count). The third kappa shape index (κ3) is 2.47. The van der Waals surface area contributed by atoms with Crippen molar-refractivity contribution in [3.63, 3.8) is 0 Å². The molecule has 0 atom stereocenters. The summed E-state index contributed by atoms with van der Waals surface area (Å²) < 4.78 is 36.0. The predicted octanol–water partition coefficient (Wildman–Crippen LogP) is 0.974. The monoisotopic (exact) mass is 358 g/mol. The van der Waals surface area contributed by atoms with E-state index in [0.717, 1.165) is 5.56 Å². The van der Waals surface area contributed by atoms with E-state index in [9.17, 15) is 13.2 Å². The summed E-state index contributed by atoms with van der Waals surface area (Å²) in [5.41, 5.74) is 1.66. The first-order valence-corrected chi connectivity index (χ1v) is 8.45. The van der Waals surface area contributed by atoms with E-state index in [-0.39, 0.29) is 22.7 Å². The highest BCUT2D eigenvalue weighted by Crippen LogP contribution is 2.27. The third-order valence-electron chi connectivity index (χ3n) is 3.73. The van der Waals surface area contributed by atoms with E-state index < -0.39 is 10.4 Å². The summed E-state index contributed by atoms with van der Waals surface area (Å²) in [6.45, 7) is 1.83. The second kappa shape index (κ2) is 5.19. The van der Waals surface area contributed by atoms with E-state index in [1.165, 1.54) is 10.8 Å². The molecule has 1 N–H and O–H groups in total. The van der Waals surface area contributed by atoms with Gasteiger partial charge in [0.1, 0.15) is 0 Å². The fourth-order valence-corrected chi connectivity index (χ4v) is 2.90. The van der Waals surface area contributed by atoms with E-state index >= 15 is 0 Å². The number of nitrogens with zero attached hydrogens (tertiary/aromatic N) is 4. The van der Waals surface area contributed by atoms with Crippen molar-refractivity contribution in [2.75, 3.05) is 0 Å². The molecule has 0 amide bonds. The Morgan fingerprint density at radius 2 is 2.08 bits per heavy atom. The zero-order valence-corrected chi connectivity index (χ0v) is 13.6. The Morgan fingerprint density at radius 1 is 1.28 bits per heavy atom. The van der Waals surface area contributed by atoms with Gasteiger partial charge in [-0.1, -0.05) is 16.8 Å². The summed E-state index contributed by atoms with van der Waals surface area (Å²) in [4.78, 5) is 21.2. The number of aromatic nitrogens is 3. The predicted molar refractivity (Wildman–Crippen MR) is 88.1 cm³/mol. The number of rotatable bonds is 2. The van der Waals surface area contributed by atoms with Gasteiger partial charge in [-0.3, -0.25) is 13.9 Å². The van der Waals surface area contributed by atoms with Gasteiger partial charge in [-0.25, -0.2) is 14.3 Å². The van der Waals surface area contributed by atoms with Gasteiger partial charge in [-0.05, 0) is 31.2 Å². The van der Waals surface area contributed by atoms with Crippen LogP contribution in [-0.2, 0) is 14.7 Å². The van der Waals surface area contributed by atoms with Crippen LogP contribution in [0.3, 0.4) is 0 Å². The van der Waals surface area contributed by atoms with Gasteiger partial charge < -0.3 is 0 Å². The molecule has 10 heteroatoms. The average Bonchev–Trinajstić information content (AvgIpc) is 2.85. The first-order valence-electron chi connectivity index (χ1n) is 7.09. The van der Waals surface area contributed by atoms with Crippen molar-refractivity contribution in [3.05, 3.63) is 63.8 Å². The molecular formula is C15H10N4O5S. The lowest BCUT2D eigenvalue weighted by Crippen LogP contribution is -2.22. The van der Waals surface area contributed by atoms with Crippen LogP contribution in [-0.4, -0.2) is 33.2 Å². The fourth-order valence-electron chi connectivity index (χ4n) is 2.73. The Labute approximate surface area is 141 Å². The van der Waals surface area contributed by atoms with Crippen LogP contribution in [0.15, 0.2) is 46.5 Å². The van der Waals surface area contributed by atoms with Gasteiger partial charge in [0.25, 0.3) is 5.56 Å². The number of hydrogen-bond acceptors (Lipinski definition) is 7. The van der Waals surface area contributed by atoms with Crippen molar-refractivity contribution in [2.45, 2.75) is 6.92 Å². The van der Waals surface area contributed by atoms with E-state index in [1.807, 2.05) is 6.92 Å². The third-order valence-corrected chi connectivity index (χ3v) is 3.99. The first kappa shape index (κ1) is 15.4. The molecule has 1 aliphatic rings. The Morgan fingerprint density at radius 3 is 2.84 bits per heavy atom. The molecule has 0 aliphatic carbocycles. The fraction of sp³-hybridized carbons (Fsp3) is 0.0667. The average molecular weight is 358 g/mol. The summed E-state index contributed by atoms with van der Waals surface area (Å²) in [5.74, 6) is 0.0838. The quantitative estimate of drug-likeness (QED) is 0.418. The maximum Gasteiger partial charge on any atom is 0.466 e. The van der Waals surface area contributed by atoms with E-state index in [0.29, 0.717) is 16.6 Å². The molecule has 1 aromatic carbocycles. The highest BCUT2D eigenvalue weighted by atomic mass is 32.3. The molecule has 25 heavy (non-hydrogen) atoms. The molecule has 0 unspecified atom stereocenters.